The molecule has 2 atom stereocenters. The van der Waals surface area contributed by atoms with Gasteiger partial charge in [0.15, 0.2) is 11.6 Å². The van der Waals surface area contributed by atoms with Crippen LogP contribution in [0.5, 0.6) is 5.75 Å². The molecule has 0 aliphatic carbocycles. The van der Waals surface area contributed by atoms with E-state index in [2.05, 4.69) is 0 Å². The first kappa shape index (κ1) is 11.4. The fraction of sp³-hybridized carbons (Fsp3) is 0.500. The summed E-state index contributed by atoms with van der Waals surface area (Å²) in [6.07, 6.45) is 0.782. The van der Waals surface area contributed by atoms with Crippen molar-refractivity contribution in [1.82, 2.24) is 0 Å². The van der Waals surface area contributed by atoms with E-state index in [0.29, 0.717) is 13.2 Å². The van der Waals surface area contributed by atoms with E-state index in [4.69, 9.17) is 15.2 Å². The van der Waals surface area contributed by atoms with Gasteiger partial charge in [-0.05, 0) is 24.6 Å². The Hall–Kier alpha value is -1.13. The molecule has 2 N–H and O–H groups in total. The molecule has 0 saturated carbocycles. The van der Waals surface area contributed by atoms with E-state index in [0.717, 1.165) is 12.0 Å². The molecule has 2 rings (SSSR count). The average molecular weight is 225 g/mol. The molecule has 1 aliphatic rings. The minimum atomic E-state index is -0.360. The molecule has 0 radical (unpaired) electrons. The third kappa shape index (κ3) is 2.51. The van der Waals surface area contributed by atoms with E-state index in [1.165, 1.54) is 6.07 Å². The zero-order valence-corrected chi connectivity index (χ0v) is 9.28. The number of rotatable bonds is 3. The van der Waals surface area contributed by atoms with Crippen molar-refractivity contribution in [3.05, 3.63) is 29.6 Å². The summed E-state index contributed by atoms with van der Waals surface area (Å²) in [6, 6.07) is 4.68. The van der Waals surface area contributed by atoms with Crippen molar-refractivity contribution < 1.29 is 13.9 Å². The molecule has 3 nitrogen and oxygen atoms in total. The number of hydrogen-bond donors (Lipinski definition) is 1. The summed E-state index contributed by atoms with van der Waals surface area (Å²) in [4.78, 5) is 0. The maximum absolute atomic E-state index is 13.6. The first-order valence-corrected chi connectivity index (χ1v) is 5.46. The van der Waals surface area contributed by atoms with Crippen LogP contribution in [0.4, 0.5) is 4.39 Å². The molecule has 1 fully saturated rings. The van der Waals surface area contributed by atoms with E-state index < -0.39 is 0 Å². The van der Waals surface area contributed by atoms with Gasteiger partial charge in [-0.2, -0.15) is 0 Å². The number of hydrogen-bond acceptors (Lipinski definition) is 3. The quantitative estimate of drug-likeness (QED) is 0.855. The lowest BCUT2D eigenvalue weighted by molar-refractivity contribution is 0.138. The van der Waals surface area contributed by atoms with Crippen molar-refractivity contribution in [2.24, 2.45) is 5.73 Å². The van der Waals surface area contributed by atoms with Gasteiger partial charge in [-0.25, -0.2) is 4.39 Å². The normalized spacial score (nSPS) is 22.1. The second-order valence-electron chi connectivity index (χ2n) is 4.08. The van der Waals surface area contributed by atoms with E-state index in [1.54, 1.807) is 12.1 Å². The summed E-state index contributed by atoms with van der Waals surface area (Å²) in [5, 5.41) is 0. The molecule has 0 aromatic heterocycles. The molecule has 16 heavy (non-hydrogen) atoms. The minimum absolute atomic E-state index is 0.0318. The summed E-state index contributed by atoms with van der Waals surface area (Å²) in [7, 11) is 0. The summed E-state index contributed by atoms with van der Waals surface area (Å²) < 4.78 is 24.3. The molecule has 4 heteroatoms. The highest BCUT2D eigenvalue weighted by molar-refractivity contribution is 5.30. The van der Waals surface area contributed by atoms with Crippen LogP contribution < -0.4 is 10.5 Å². The van der Waals surface area contributed by atoms with Gasteiger partial charge in [-0.3, -0.25) is 0 Å². The molecular weight excluding hydrogens is 209 g/mol. The zero-order valence-electron chi connectivity index (χ0n) is 9.28. The fourth-order valence-corrected chi connectivity index (χ4v) is 1.68. The number of ether oxygens (including phenoxy) is 2. The van der Waals surface area contributed by atoms with Crippen molar-refractivity contribution in [3.63, 3.8) is 0 Å². The van der Waals surface area contributed by atoms with Gasteiger partial charge in [0.25, 0.3) is 0 Å². The van der Waals surface area contributed by atoms with Crippen molar-refractivity contribution in [2.45, 2.75) is 25.5 Å². The molecule has 88 valence electrons. The second kappa shape index (κ2) is 4.80. The molecule has 1 aromatic carbocycles. The highest BCUT2D eigenvalue weighted by Crippen LogP contribution is 2.23. The van der Waals surface area contributed by atoms with Crippen molar-refractivity contribution in [3.8, 4) is 5.75 Å². The first-order chi connectivity index (χ1) is 7.66. The van der Waals surface area contributed by atoms with Crippen LogP contribution in [0.15, 0.2) is 18.2 Å². The molecule has 1 aromatic rings. The van der Waals surface area contributed by atoms with Gasteiger partial charge in [-0.15, -0.1) is 0 Å². The Bertz CT molecular complexity index is 362. The Labute approximate surface area is 94.3 Å². The highest BCUT2D eigenvalue weighted by Gasteiger charge is 2.19. The van der Waals surface area contributed by atoms with Crippen LogP contribution >= 0.6 is 0 Å². The average Bonchev–Trinajstić information content (AvgIpc) is 2.73. The first-order valence-electron chi connectivity index (χ1n) is 5.46. The van der Waals surface area contributed by atoms with Crippen LogP contribution in [-0.4, -0.2) is 19.3 Å². The molecule has 0 bridgehead atoms. The van der Waals surface area contributed by atoms with Crippen LogP contribution in [0.1, 0.15) is 24.9 Å². The second-order valence-corrected chi connectivity index (χ2v) is 4.08. The summed E-state index contributed by atoms with van der Waals surface area (Å²) in [5.74, 6) is -0.0819. The standard InChI is InChI=1S/C12H16FNO2/c1-8(14)9-2-3-12(11(13)6-9)16-10-4-5-15-7-10/h2-3,6,8,10H,4-5,7,14H2,1H3/t8-,10?/m1/s1. The number of halogens is 1. The van der Waals surface area contributed by atoms with Gasteiger partial charge in [0.05, 0.1) is 13.2 Å². The fourth-order valence-electron chi connectivity index (χ4n) is 1.68. The maximum Gasteiger partial charge on any atom is 0.165 e. The lowest BCUT2D eigenvalue weighted by Crippen LogP contribution is -2.16. The Morgan fingerprint density at radius 2 is 2.38 bits per heavy atom. The SMILES string of the molecule is C[C@@H](N)c1ccc(OC2CCOC2)c(F)c1. The molecule has 1 aliphatic heterocycles. The molecule has 1 heterocycles. The predicted octanol–water partition coefficient (Wildman–Crippen LogP) is 2.01. The largest absolute Gasteiger partial charge is 0.485 e. The van der Waals surface area contributed by atoms with E-state index >= 15 is 0 Å². The lowest BCUT2D eigenvalue weighted by atomic mass is 10.1. The topological polar surface area (TPSA) is 44.5 Å². The van der Waals surface area contributed by atoms with E-state index in [-0.39, 0.29) is 23.7 Å². The molecular formula is C12H16FNO2. The Morgan fingerprint density at radius 1 is 1.56 bits per heavy atom. The molecule has 1 unspecified atom stereocenters. The number of nitrogens with two attached hydrogens (primary N) is 1. The Morgan fingerprint density at radius 3 is 2.94 bits per heavy atom. The van der Waals surface area contributed by atoms with Gasteiger partial charge in [0, 0.05) is 12.5 Å². The molecule has 0 spiro atoms. The smallest absolute Gasteiger partial charge is 0.165 e. The van der Waals surface area contributed by atoms with E-state index in [9.17, 15) is 4.39 Å². The Balaban J connectivity index is 2.09. The van der Waals surface area contributed by atoms with Gasteiger partial charge >= 0.3 is 0 Å². The summed E-state index contributed by atoms with van der Waals surface area (Å²) in [6.45, 7) is 3.04. The minimum Gasteiger partial charge on any atom is -0.485 e. The maximum atomic E-state index is 13.6. The third-order valence-electron chi connectivity index (χ3n) is 2.66. The van der Waals surface area contributed by atoms with Crippen LogP contribution in [0, 0.1) is 5.82 Å². The molecule has 0 amide bonds. The predicted molar refractivity (Wildman–Crippen MR) is 58.9 cm³/mol. The summed E-state index contributed by atoms with van der Waals surface area (Å²) in [5.41, 5.74) is 6.44. The van der Waals surface area contributed by atoms with E-state index in [1.807, 2.05) is 6.92 Å². The summed E-state index contributed by atoms with van der Waals surface area (Å²) >= 11 is 0. The van der Waals surface area contributed by atoms with Crippen LogP contribution in [0.3, 0.4) is 0 Å². The van der Waals surface area contributed by atoms with Gasteiger partial charge in [0.1, 0.15) is 6.10 Å². The number of benzene rings is 1. The van der Waals surface area contributed by atoms with Crippen LogP contribution in [0.2, 0.25) is 0 Å². The van der Waals surface area contributed by atoms with Crippen molar-refractivity contribution >= 4 is 0 Å². The highest BCUT2D eigenvalue weighted by atomic mass is 19.1. The molecule has 1 saturated heterocycles. The van der Waals surface area contributed by atoms with Gasteiger partial charge in [0.2, 0.25) is 0 Å². The Kier molecular flexibility index (Phi) is 3.41. The van der Waals surface area contributed by atoms with Crippen molar-refractivity contribution in [1.29, 1.82) is 0 Å². The monoisotopic (exact) mass is 225 g/mol. The van der Waals surface area contributed by atoms with Gasteiger partial charge < -0.3 is 15.2 Å². The zero-order chi connectivity index (χ0) is 11.5. The lowest BCUT2D eigenvalue weighted by Gasteiger charge is -2.14. The van der Waals surface area contributed by atoms with Crippen LogP contribution in [0.25, 0.3) is 0 Å². The van der Waals surface area contributed by atoms with Gasteiger partial charge in [-0.1, -0.05) is 6.07 Å². The third-order valence-corrected chi connectivity index (χ3v) is 2.66. The van der Waals surface area contributed by atoms with Crippen molar-refractivity contribution in [2.75, 3.05) is 13.2 Å². The van der Waals surface area contributed by atoms with Crippen LogP contribution in [-0.2, 0) is 4.74 Å².